The van der Waals surface area contributed by atoms with Crippen molar-refractivity contribution in [1.82, 2.24) is 10.2 Å². The molecule has 2 amide bonds. The van der Waals surface area contributed by atoms with E-state index in [-0.39, 0.29) is 18.8 Å². The standard InChI is InChI=1S/C13H18N2O6/c1-13(20,6-11(17)18)8-14-10(16)7-15(2)12(19)9-4-3-5-21-9/h3-5,20H,6-8H2,1-2H3,(H,14,16)(H,17,18). The van der Waals surface area contributed by atoms with Gasteiger partial charge in [0.2, 0.25) is 5.91 Å². The molecular weight excluding hydrogens is 280 g/mol. The lowest BCUT2D eigenvalue weighted by Gasteiger charge is -2.22. The normalized spacial score (nSPS) is 13.3. The van der Waals surface area contributed by atoms with Gasteiger partial charge in [-0.1, -0.05) is 0 Å². The Labute approximate surface area is 121 Å². The maximum Gasteiger partial charge on any atom is 0.306 e. The summed E-state index contributed by atoms with van der Waals surface area (Å²) in [6, 6.07) is 3.04. The fraction of sp³-hybridized carbons (Fsp3) is 0.462. The first kappa shape index (κ1) is 16.7. The van der Waals surface area contributed by atoms with Crippen molar-refractivity contribution in [2.45, 2.75) is 18.9 Å². The van der Waals surface area contributed by atoms with Crippen LogP contribution in [0, 0.1) is 0 Å². The third-order valence-corrected chi connectivity index (χ3v) is 2.66. The molecule has 0 saturated carbocycles. The predicted octanol–water partition coefficient (Wildman–Crippen LogP) is -0.306. The van der Waals surface area contributed by atoms with Gasteiger partial charge in [-0.15, -0.1) is 0 Å². The lowest BCUT2D eigenvalue weighted by Crippen LogP contribution is -2.45. The average Bonchev–Trinajstić information content (AvgIpc) is 2.87. The van der Waals surface area contributed by atoms with Crippen LogP contribution in [0.1, 0.15) is 23.9 Å². The van der Waals surface area contributed by atoms with Crippen molar-refractivity contribution in [3.63, 3.8) is 0 Å². The zero-order valence-corrected chi connectivity index (χ0v) is 11.8. The lowest BCUT2D eigenvalue weighted by atomic mass is 10.0. The summed E-state index contributed by atoms with van der Waals surface area (Å²) in [5, 5.41) is 20.7. The number of amides is 2. The van der Waals surface area contributed by atoms with Gasteiger partial charge in [0.1, 0.15) is 0 Å². The first-order valence-electron chi connectivity index (χ1n) is 6.21. The van der Waals surface area contributed by atoms with E-state index < -0.39 is 29.8 Å². The third-order valence-electron chi connectivity index (χ3n) is 2.66. The van der Waals surface area contributed by atoms with Crippen LogP contribution in [0.2, 0.25) is 0 Å². The number of carboxylic acid groups (broad SMARTS) is 1. The van der Waals surface area contributed by atoms with Crippen LogP contribution in [0.15, 0.2) is 22.8 Å². The molecule has 0 aliphatic rings. The first-order valence-corrected chi connectivity index (χ1v) is 6.21. The van der Waals surface area contributed by atoms with Crippen LogP contribution in [0.3, 0.4) is 0 Å². The SMILES string of the molecule is CN(CC(=O)NCC(C)(O)CC(=O)O)C(=O)c1ccco1. The molecule has 0 saturated heterocycles. The molecular formula is C13H18N2O6. The molecule has 0 aliphatic carbocycles. The Morgan fingerprint density at radius 2 is 2.10 bits per heavy atom. The molecule has 1 atom stereocenters. The molecule has 1 rings (SSSR count). The predicted molar refractivity (Wildman–Crippen MR) is 71.6 cm³/mol. The number of hydrogen-bond donors (Lipinski definition) is 3. The zero-order valence-electron chi connectivity index (χ0n) is 11.8. The number of aliphatic hydroxyl groups is 1. The third kappa shape index (κ3) is 5.65. The van der Waals surface area contributed by atoms with Crippen molar-refractivity contribution in [1.29, 1.82) is 0 Å². The van der Waals surface area contributed by atoms with Gasteiger partial charge in [-0.2, -0.15) is 0 Å². The summed E-state index contributed by atoms with van der Waals surface area (Å²) < 4.78 is 4.93. The molecule has 1 aromatic heterocycles. The van der Waals surface area contributed by atoms with Gasteiger partial charge in [-0.25, -0.2) is 0 Å². The van der Waals surface area contributed by atoms with Crippen molar-refractivity contribution >= 4 is 17.8 Å². The number of nitrogens with one attached hydrogen (secondary N) is 1. The second-order valence-corrected chi connectivity index (χ2v) is 4.98. The van der Waals surface area contributed by atoms with Crippen LogP contribution in [0.25, 0.3) is 0 Å². The van der Waals surface area contributed by atoms with Gasteiger partial charge in [0.05, 0.1) is 24.8 Å². The van der Waals surface area contributed by atoms with Gasteiger partial charge in [-0.05, 0) is 19.1 Å². The number of nitrogens with zero attached hydrogens (tertiary/aromatic N) is 1. The van der Waals surface area contributed by atoms with E-state index in [0.717, 1.165) is 4.90 Å². The van der Waals surface area contributed by atoms with Gasteiger partial charge in [0, 0.05) is 13.6 Å². The zero-order chi connectivity index (χ0) is 16.0. The van der Waals surface area contributed by atoms with Crippen molar-refractivity contribution in [3.8, 4) is 0 Å². The van der Waals surface area contributed by atoms with E-state index in [1.54, 1.807) is 6.07 Å². The Morgan fingerprint density at radius 3 is 2.62 bits per heavy atom. The number of carbonyl (C=O) groups is 3. The molecule has 0 spiro atoms. The van der Waals surface area contributed by atoms with Gasteiger partial charge in [0.25, 0.3) is 5.91 Å². The van der Waals surface area contributed by atoms with E-state index in [1.165, 1.54) is 26.3 Å². The van der Waals surface area contributed by atoms with E-state index >= 15 is 0 Å². The molecule has 116 valence electrons. The highest BCUT2D eigenvalue weighted by molar-refractivity contribution is 5.94. The number of likely N-dealkylation sites (N-methyl/N-ethyl adjacent to an activating group) is 1. The van der Waals surface area contributed by atoms with Crippen LogP contribution in [-0.4, -0.2) is 58.6 Å². The monoisotopic (exact) mass is 298 g/mol. The van der Waals surface area contributed by atoms with Crippen molar-refractivity contribution < 1.29 is 29.0 Å². The average molecular weight is 298 g/mol. The minimum absolute atomic E-state index is 0.114. The highest BCUT2D eigenvalue weighted by atomic mass is 16.4. The fourth-order valence-corrected chi connectivity index (χ4v) is 1.61. The Balaban J connectivity index is 2.43. The maximum absolute atomic E-state index is 11.8. The van der Waals surface area contributed by atoms with Gasteiger partial charge < -0.3 is 24.8 Å². The number of carboxylic acids is 1. The Morgan fingerprint density at radius 1 is 1.43 bits per heavy atom. The lowest BCUT2D eigenvalue weighted by molar-refractivity contribution is -0.142. The summed E-state index contributed by atoms with van der Waals surface area (Å²) in [6.07, 6.45) is 0.860. The summed E-state index contributed by atoms with van der Waals surface area (Å²) in [7, 11) is 1.43. The Kier molecular flexibility index (Phi) is 5.48. The van der Waals surface area contributed by atoms with Gasteiger partial charge in [-0.3, -0.25) is 14.4 Å². The topological polar surface area (TPSA) is 120 Å². The van der Waals surface area contributed by atoms with Crippen molar-refractivity contribution in [2.75, 3.05) is 20.1 Å². The number of rotatable bonds is 7. The number of carbonyl (C=O) groups excluding carboxylic acids is 2. The van der Waals surface area contributed by atoms with Crippen LogP contribution in [-0.2, 0) is 9.59 Å². The minimum atomic E-state index is -1.55. The molecule has 0 fully saturated rings. The van der Waals surface area contributed by atoms with E-state index in [9.17, 15) is 19.5 Å². The van der Waals surface area contributed by atoms with Crippen LogP contribution in [0.4, 0.5) is 0 Å². The van der Waals surface area contributed by atoms with E-state index in [4.69, 9.17) is 9.52 Å². The minimum Gasteiger partial charge on any atom is -0.481 e. The van der Waals surface area contributed by atoms with Crippen LogP contribution in [0.5, 0.6) is 0 Å². The molecule has 8 nitrogen and oxygen atoms in total. The van der Waals surface area contributed by atoms with Gasteiger partial charge >= 0.3 is 5.97 Å². The summed E-state index contributed by atoms with van der Waals surface area (Å²) in [5.41, 5.74) is -1.55. The number of aliphatic carboxylic acids is 1. The molecule has 0 bridgehead atoms. The summed E-state index contributed by atoms with van der Waals surface area (Å²) in [5.74, 6) is -2.02. The quantitative estimate of drug-likeness (QED) is 0.635. The van der Waals surface area contributed by atoms with E-state index in [2.05, 4.69) is 5.32 Å². The molecule has 3 N–H and O–H groups in total. The van der Waals surface area contributed by atoms with E-state index in [1.807, 2.05) is 0 Å². The second-order valence-electron chi connectivity index (χ2n) is 4.98. The highest BCUT2D eigenvalue weighted by Crippen LogP contribution is 2.07. The molecule has 1 unspecified atom stereocenters. The summed E-state index contributed by atoms with van der Waals surface area (Å²) >= 11 is 0. The van der Waals surface area contributed by atoms with Gasteiger partial charge in [0.15, 0.2) is 5.76 Å². The fourth-order valence-electron chi connectivity index (χ4n) is 1.61. The van der Waals surface area contributed by atoms with Crippen LogP contribution < -0.4 is 5.32 Å². The Bertz CT molecular complexity index is 509. The molecule has 1 aromatic rings. The summed E-state index contributed by atoms with van der Waals surface area (Å²) in [6.45, 7) is 0.850. The Hall–Kier alpha value is -2.35. The first-order chi connectivity index (χ1) is 9.71. The molecule has 0 radical (unpaired) electrons. The molecule has 8 heteroatoms. The molecule has 1 heterocycles. The molecule has 21 heavy (non-hydrogen) atoms. The maximum atomic E-state index is 11.8. The van der Waals surface area contributed by atoms with Crippen LogP contribution >= 0.6 is 0 Å². The molecule has 0 aromatic carbocycles. The van der Waals surface area contributed by atoms with Crippen molar-refractivity contribution in [3.05, 3.63) is 24.2 Å². The number of furan rings is 1. The molecule has 0 aliphatic heterocycles. The summed E-state index contributed by atoms with van der Waals surface area (Å²) in [4.78, 5) is 35.2. The van der Waals surface area contributed by atoms with Crippen molar-refractivity contribution in [2.24, 2.45) is 0 Å². The second kappa shape index (κ2) is 6.89. The largest absolute Gasteiger partial charge is 0.481 e. The highest BCUT2D eigenvalue weighted by Gasteiger charge is 2.25. The number of hydrogen-bond acceptors (Lipinski definition) is 5. The van der Waals surface area contributed by atoms with E-state index in [0.29, 0.717) is 0 Å². The smallest absolute Gasteiger partial charge is 0.306 e.